The monoisotopic (exact) mass is 423 g/mol. The van der Waals surface area contributed by atoms with Gasteiger partial charge in [0.1, 0.15) is 5.82 Å². The second-order valence-corrected chi connectivity index (χ2v) is 8.18. The third-order valence-corrected chi connectivity index (χ3v) is 4.89. The smallest absolute Gasteiger partial charge is 0.257 e. The second-order valence-electron chi connectivity index (χ2n) is 8.18. The predicted molar refractivity (Wildman–Crippen MR) is 121 cm³/mol. The first kappa shape index (κ1) is 22.2. The molecule has 1 amide bonds. The fraction of sp³-hybridized carbons (Fsp3) is 0.333. The van der Waals surface area contributed by atoms with Crippen LogP contribution in [0, 0.1) is 0 Å². The Morgan fingerprint density at radius 3 is 2.10 bits per heavy atom. The minimum atomic E-state index is -0.297. The van der Waals surface area contributed by atoms with Crippen LogP contribution in [0.5, 0.6) is 17.2 Å². The molecule has 0 fully saturated rings. The Balaban J connectivity index is 1.96. The molecule has 0 aliphatic carbocycles. The summed E-state index contributed by atoms with van der Waals surface area (Å²) in [5.41, 5.74) is 2.21. The molecule has 0 saturated heterocycles. The summed E-state index contributed by atoms with van der Waals surface area (Å²) in [6.45, 7) is 6.81. The molecule has 7 nitrogen and oxygen atoms in total. The maximum Gasteiger partial charge on any atom is 0.257 e. The molecule has 3 aromatic rings. The van der Waals surface area contributed by atoms with Gasteiger partial charge < -0.3 is 19.5 Å². The van der Waals surface area contributed by atoms with E-state index < -0.39 is 0 Å². The summed E-state index contributed by atoms with van der Waals surface area (Å²) in [6, 6.07) is 15.2. The molecule has 7 heteroatoms. The summed E-state index contributed by atoms with van der Waals surface area (Å²) in [7, 11) is 4.56. The number of nitrogens with zero attached hydrogens (tertiary/aromatic N) is 2. The molecule has 0 saturated carbocycles. The molecule has 3 rings (SSSR count). The number of hydrogen-bond acceptors (Lipinski definition) is 5. The highest BCUT2D eigenvalue weighted by molar-refractivity contribution is 6.04. The number of rotatable bonds is 7. The highest BCUT2D eigenvalue weighted by Crippen LogP contribution is 2.38. The minimum Gasteiger partial charge on any atom is -0.493 e. The first-order valence-electron chi connectivity index (χ1n) is 10.0. The van der Waals surface area contributed by atoms with Crippen LogP contribution in [0.15, 0.2) is 48.5 Å². The molecular weight excluding hydrogens is 394 g/mol. The van der Waals surface area contributed by atoms with Gasteiger partial charge in [-0.2, -0.15) is 5.10 Å². The van der Waals surface area contributed by atoms with Gasteiger partial charge >= 0.3 is 0 Å². The molecule has 0 bridgehead atoms. The fourth-order valence-corrected chi connectivity index (χ4v) is 3.16. The maximum absolute atomic E-state index is 13.1. The van der Waals surface area contributed by atoms with Crippen molar-refractivity contribution in [3.05, 3.63) is 65.4 Å². The lowest BCUT2D eigenvalue weighted by Crippen LogP contribution is -2.17. The zero-order chi connectivity index (χ0) is 22.6. The molecule has 0 aliphatic heterocycles. The van der Waals surface area contributed by atoms with Crippen LogP contribution >= 0.6 is 0 Å². The van der Waals surface area contributed by atoms with Gasteiger partial charge in [0.2, 0.25) is 5.75 Å². The average Bonchev–Trinajstić information content (AvgIpc) is 3.15. The SMILES string of the molecule is COc1cc(C(=O)Nc2cc(C(C)(C)C)nn2Cc2ccccc2)cc(OC)c1OC. The van der Waals surface area contributed by atoms with Crippen LogP contribution in [0.4, 0.5) is 5.82 Å². The van der Waals surface area contributed by atoms with Crippen molar-refractivity contribution in [2.24, 2.45) is 0 Å². The summed E-state index contributed by atoms with van der Waals surface area (Å²) in [6.07, 6.45) is 0. The van der Waals surface area contributed by atoms with E-state index in [0.717, 1.165) is 11.3 Å². The number of amides is 1. The van der Waals surface area contributed by atoms with E-state index in [1.807, 2.05) is 41.1 Å². The zero-order valence-corrected chi connectivity index (χ0v) is 18.9. The molecule has 2 aromatic carbocycles. The van der Waals surface area contributed by atoms with Gasteiger partial charge in [-0.3, -0.25) is 4.79 Å². The quantitative estimate of drug-likeness (QED) is 0.605. The highest BCUT2D eigenvalue weighted by Gasteiger charge is 2.22. The van der Waals surface area contributed by atoms with Crippen LogP contribution in [0.2, 0.25) is 0 Å². The van der Waals surface area contributed by atoms with Crippen LogP contribution in [-0.4, -0.2) is 37.0 Å². The minimum absolute atomic E-state index is 0.159. The van der Waals surface area contributed by atoms with Gasteiger partial charge in [-0.05, 0) is 17.7 Å². The van der Waals surface area contributed by atoms with Gasteiger partial charge in [0.05, 0.1) is 33.6 Å². The molecule has 1 heterocycles. The lowest BCUT2D eigenvalue weighted by molar-refractivity contribution is 0.102. The maximum atomic E-state index is 13.1. The number of anilines is 1. The van der Waals surface area contributed by atoms with Gasteiger partial charge in [-0.1, -0.05) is 51.1 Å². The third kappa shape index (κ3) is 4.99. The van der Waals surface area contributed by atoms with Crippen LogP contribution in [0.25, 0.3) is 0 Å². The topological polar surface area (TPSA) is 74.6 Å². The van der Waals surface area contributed by atoms with E-state index in [0.29, 0.717) is 35.2 Å². The molecule has 0 aliphatic rings. The summed E-state index contributed by atoms with van der Waals surface area (Å²) < 4.78 is 17.9. The number of nitrogens with one attached hydrogen (secondary N) is 1. The van der Waals surface area contributed by atoms with Gasteiger partial charge in [0.25, 0.3) is 5.91 Å². The lowest BCUT2D eigenvalue weighted by atomic mass is 9.92. The second kappa shape index (κ2) is 9.12. The standard InChI is InChI=1S/C24H29N3O4/c1-24(2,3)20-14-21(27(26-20)15-16-10-8-7-9-11-16)25-23(28)17-12-18(29-4)22(31-6)19(13-17)30-5/h7-14H,15H2,1-6H3,(H,25,28). The first-order chi connectivity index (χ1) is 14.8. The summed E-state index contributed by atoms with van der Waals surface area (Å²) in [4.78, 5) is 13.1. The highest BCUT2D eigenvalue weighted by atomic mass is 16.5. The molecular formula is C24H29N3O4. The van der Waals surface area contributed by atoms with Crippen molar-refractivity contribution >= 4 is 11.7 Å². The Morgan fingerprint density at radius 2 is 1.58 bits per heavy atom. The predicted octanol–water partition coefficient (Wildman–Crippen LogP) is 4.51. The largest absolute Gasteiger partial charge is 0.493 e. The Morgan fingerprint density at radius 1 is 0.968 bits per heavy atom. The molecule has 0 spiro atoms. The molecule has 1 N–H and O–H groups in total. The van der Waals surface area contributed by atoms with Crippen LogP contribution < -0.4 is 19.5 Å². The van der Waals surface area contributed by atoms with Crippen LogP contribution in [0.3, 0.4) is 0 Å². The van der Waals surface area contributed by atoms with Crippen molar-refractivity contribution in [3.63, 3.8) is 0 Å². The summed E-state index contributed by atoms with van der Waals surface area (Å²) in [5, 5.41) is 7.74. The number of hydrogen-bond donors (Lipinski definition) is 1. The third-order valence-electron chi connectivity index (χ3n) is 4.89. The van der Waals surface area contributed by atoms with Gasteiger partial charge in [0, 0.05) is 17.0 Å². The number of aromatic nitrogens is 2. The Labute approximate surface area is 182 Å². The van der Waals surface area contributed by atoms with Gasteiger partial charge in [-0.15, -0.1) is 0 Å². The van der Waals surface area contributed by atoms with Crippen molar-refractivity contribution in [1.29, 1.82) is 0 Å². The first-order valence-corrected chi connectivity index (χ1v) is 10.0. The van der Waals surface area contributed by atoms with Gasteiger partial charge in [-0.25, -0.2) is 4.68 Å². The number of carbonyl (C=O) groups is 1. The van der Waals surface area contributed by atoms with Crippen molar-refractivity contribution in [1.82, 2.24) is 9.78 Å². The van der Waals surface area contributed by atoms with Crippen molar-refractivity contribution < 1.29 is 19.0 Å². The number of ether oxygens (including phenoxy) is 3. The summed E-state index contributed by atoms with van der Waals surface area (Å²) in [5.74, 6) is 1.59. The fourth-order valence-electron chi connectivity index (χ4n) is 3.16. The number of carbonyl (C=O) groups excluding carboxylic acids is 1. The Kier molecular flexibility index (Phi) is 6.53. The zero-order valence-electron chi connectivity index (χ0n) is 18.9. The van der Waals surface area contributed by atoms with Gasteiger partial charge in [0.15, 0.2) is 11.5 Å². The molecule has 0 atom stereocenters. The van der Waals surface area contributed by atoms with Crippen molar-refractivity contribution in [2.75, 3.05) is 26.6 Å². The van der Waals surface area contributed by atoms with E-state index in [9.17, 15) is 4.79 Å². The van der Waals surface area contributed by atoms with Crippen LogP contribution in [-0.2, 0) is 12.0 Å². The van der Waals surface area contributed by atoms with Crippen LogP contribution in [0.1, 0.15) is 42.4 Å². The molecule has 31 heavy (non-hydrogen) atoms. The van der Waals surface area contributed by atoms with E-state index in [4.69, 9.17) is 19.3 Å². The lowest BCUT2D eigenvalue weighted by Gasteiger charge is -2.14. The Bertz CT molecular complexity index is 1030. The molecule has 1 aromatic heterocycles. The van der Waals surface area contributed by atoms with E-state index in [1.165, 1.54) is 21.3 Å². The average molecular weight is 424 g/mol. The Hall–Kier alpha value is -3.48. The van der Waals surface area contributed by atoms with Crippen molar-refractivity contribution in [3.8, 4) is 17.2 Å². The summed E-state index contributed by atoms with van der Waals surface area (Å²) >= 11 is 0. The van der Waals surface area contributed by atoms with E-state index in [1.54, 1.807) is 12.1 Å². The number of benzene rings is 2. The normalized spacial score (nSPS) is 11.2. The van der Waals surface area contributed by atoms with E-state index in [-0.39, 0.29) is 11.3 Å². The van der Waals surface area contributed by atoms with E-state index in [2.05, 4.69) is 26.1 Å². The van der Waals surface area contributed by atoms with E-state index >= 15 is 0 Å². The van der Waals surface area contributed by atoms with Crippen molar-refractivity contribution in [2.45, 2.75) is 32.7 Å². The number of methoxy groups -OCH3 is 3. The molecule has 0 radical (unpaired) electrons. The molecule has 164 valence electrons. The molecule has 0 unspecified atom stereocenters.